The number of nitrogens with zero attached hydrogens (tertiary/aromatic N) is 1. The number of nitrogens with one attached hydrogen (secondary N) is 1. The zero-order valence-corrected chi connectivity index (χ0v) is 20.5. The van der Waals surface area contributed by atoms with E-state index < -0.39 is 18.0 Å². The third-order valence-corrected chi connectivity index (χ3v) is 5.40. The van der Waals surface area contributed by atoms with Gasteiger partial charge in [-0.2, -0.15) is 5.10 Å². The summed E-state index contributed by atoms with van der Waals surface area (Å²) < 4.78 is 16.5. The molecule has 186 valence electrons. The van der Waals surface area contributed by atoms with Crippen molar-refractivity contribution in [2.45, 2.75) is 13.0 Å². The monoisotopic (exact) mass is 494 g/mol. The molecule has 7 nitrogen and oxygen atoms in total. The Morgan fingerprint density at radius 1 is 0.838 bits per heavy atom. The largest absolute Gasteiger partial charge is 0.493 e. The third-order valence-electron chi connectivity index (χ3n) is 5.40. The van der Waals surface area contributed by atoms with Crippen LogP contribution < -0.4 is 19.6 Å². The molecule has 37 heavy (non-hydrogen) atoms. The minimum absolute atomic E-state index is 0.267. The molecule has 7 heteroatoms. The van der Waals surface area contributed by atoms with Gasteiger partial charge in [-0.1, -0.05) is 60.7 Å². The lowest BCUT2D eigenvalue weighted by atomic mass is 10.1. The van der Waals surface area contributed by atoms with Gasteiger partial charge in [0.1, 0.15) is 5.75 Å². The highest BCUT2D eigenvalue weighted by Crippen LogP contribution is 2.28. The van der Waals surface area contributed by atoms with Crippen molar-refractivity contribution in [3.8, 4) is 17.2 Å². The predicted molar refractivity (Wildman–Crippen MR) is 144 cm³/mol. The standard InChI is InChI=1S/C30H26N2O5/c1-21(36-26-15-14-24-10-6-7-11-25(24)19-26)30(34)32-31-20-23-12-16-27(28(18-23)35-2)37-29(33)17-13-22-8-4-3-5-9-22/h3-21H,1-2H3,(H,32,34). The summed E-state index contributed by atoms with van der Waals surface area (Å²) >= 11 is 0. The lowest BCUT2D eigenvalue weighted by Gasteiger charge is -2.13. The fraction of sp³-hybridized carbons (Fsp3) is 0.100. The Bertz CT molecular complexity index is 1450. The van der Waals surface area contributed by atoms with Crippen molar-refractivity contribution in [3.63, 3.8) is 0 Å². The number of methoxy groups -OCH3 is 1. The Labute approximate surface area is 215 Å². The highest BCUT2D eigenvalue weighted by molar-refractivity contribution is 5.90. The topological polar surface area (TPSA) is 86.2 Å². The maximum atomic E-state index is 12.4. The molecule has 0 aromatic heterocycles. The van der Waals surface area contributed by atoms with Crippen LogP contribution in [0.5, 0.6) is 17.2 Å². The SMILES string of the molecule is COc1cc(C=NNC(=O)C(C)Oc2ccc3ccccc3c2)ccc1OC(=O)C=Cc1ccccc1. The minimum atomic E-state index is -0.751. The van der Waals surface area contributed by atoms with E-state index in [4.69, 9.17) is 14.2 Å². The Hall–Kier alpha value is -4.91. The van der Waals surface area contributed by atoms with Crippen LogP contribution in [0.4, 0.5) is 0 Å². The number of esters is 1. The number of fused-ring (bicyclic) bond motifs is 1. The van der Waals surface area contributed by atoms with Crippen LogP contribution in [0.2, 0.25) is 0 Å². The first-order valence-electron chi connectivity index (χ1n) is 11.6. The molecule has 0 aliphatic carbocycles. The van der Waals surface area contributed by atoms with Gasteiger partial charge in [0.2, 0.25) is 0 Å². The predicted octanol–water partition coefficient (Wildman–Crippen LogP) is 5.38. The van der Waals surface area contributed by atoms with E-state index in [-0.39, 0.29) is 5.75 Å². The van der Waals surface area contributed by atoms with Gasteiger partial charge in [-0.25, -0.2) is 10.2 Å². The van der Waals surface area contributed by atoms with E-state index >= 15 is 0 Å². The normalized spacial score (nSPS) is 11.9. The van der Waals surface area contributed by atoms with Gasteiger partial charge in [-0.3, -0.25) is 4.79 Å². The first kappa shape index (κ1) is 25.2. The summed E-state index contributed by atoms with van der Waals surface area (Å²) in [5.41, 5.74) is 4.00. The average Bonchev–Trinajstić information content (AvgIpc) is 2.93. The average molecular weight is 495 g/mol. The molecule has 0 radical (unpaired) electrons. The van der Waals surface area contributed by atoms with E-state index in [2.05, 4.69) is 10.5 Å². The van der Waals surface area contributed by atoms with E-state index in [1.165, 1.54) is 19.4 Å². The van der Waals surface area contributed by atoms with Crippen molar-refractivity contribution in [1.82, 2.24) is 5.43 Å². The Kier molecular flexibility index (Phi) is 8.29. The van der Waals surface area contributed by atoms with E-state index in [0.717, 1.165) is 16.3 Å². The van der Waals surface area contributed by atoms with Gasteiger partial charge in [0.15, 0.2) is 17.6 Å². The van der Waals surface area contributed by atoms with Crippen LogP contribution in [0.1, 0.15) is 18.1 Å². The van der Waals surface area contributed by atoms with Crippen LogP contribution in [0.3, 0.4) is 0 Å². The Morgan fingerprint density at radius 3 is 2.38 bits per heavy atom. The molecule has 1 unspecified atom stereocenters. The number of ether oxygens (including phenoxy) is 3. The van der Waals surface area contributed by atoms with E-state index in [1.807, 2.05) is 72.8 Å². The summed E-state index contributed by atoms with van der Waals surface area (Å²) in [6, 6.07) is 27.9. The molecule has 0 bridgehead atoms. The molecular weight excluding hydrogens is 468 g/mol. The van der Waals surface area contributed by atoms with Gasteiger partial charge in [-0.15, -0.1) is 0 Å². The number of rotatable bonds is 9. The molecule has 4 aromatic carbocycles. The smallest absolute Gasteiger partial charge is 0.336 e. The molecule has 0 fully saturated rings. The third kappa shape index (κ3) is 7.05. The van der Waals surface area contributed by atoms with Gasteiger partial charge in [-0.05, 0) is 65.2 Å². The first-order valence-corrected chi connectivity index (χ1v) is 11.6. The van der Waals surface area contributed by atoms with Crippen molar-refractivity contribution >= 4 is 34.9 Å². The molecule has 4 aromatic rings. The van der Waals surface area contributed by atoms with Crippen molar-refractivity contribution < 1.29 is 23.8 Å². The Morgan fingerprint density at radius 2 is 1.59 bits per heavy atom. The Balaban J connectivity index is 1.32. The molecule has 0 heterocycles. The second-order valence-corrected chi connectivity index (χ2v) is 8.08. The maximum Gasteiger partial charge on any atom is 0.336 e. The van der Waals surface area contributed by atoms with Crippen LogP contribution >= 0.6 is 0 Å². The molecule has 4 rings (SSSR count). The number of carbonyl (C=O) groups excluding carboxylic acids is 2. The highest BCUT2D eigenvalue weighted by Gasteiger charge is 2.14. The van der Waals surface area contributed by atoms with Crippen molar-refractivity contribution in [2.24, 2.45) is 5.10 Å². The molecule has 0 saturated heterocycles. The fourth-order valence-electron chi connectivity index (χ4n) is 3.48. The quantitative estimate of drug-likeness (QED) is 0.111. The highest BCUT2D eigenvalue weighted by atomic mass is 16.6. The van der Waals surface area contributed by atoms with Crippen LogP contribution in [-0.2, 0) is 9.59 Å². The number of hydrazone groups is 1. The van der Waals surface area contributed by atoms with Crippen LogP contribution in [-0.4, -0.2) is 31.3 Å². The van der Waals surface area contributed by atoms with Gasteiger partial charge >= 0.3 is 5.97 Å². The van der Waals surface area contributed by atoms with Gasteiger partial charge in [0.05, 0.1) is 13.3 Å². The maximum absolute atomic E-state index is 12.4. The zero-order chi connectivity index (χ0) is 26.0. The van der Waals surface area contributed by atoms with E-state index in [9.17, 15) is 9.59 Å². The summed E-state index contributed by atoms with van der Waals surface area (Å²) in [4.78, 5) is 24.6. The van der Waals surface area contributed by atoms with Gasteiger partial charge < -0.3 is 14.2 Å². The second kappa shape index (κ2) is 12.2. The zero-order valence-electron chi connectivity index (χ0n) is 20.5. The molecule has 1 atom stereocenters. The van der Waals surface area contributed by atoms with Gasteiger partial charge in [0, 0.05) is 6.08 Å². The molecule has 1 N–H and O–H groups in total. The van der Waals surface area contributed by atoms with E-state index in [0.29, 0.717) is 17.1 Å². The lowest BCUT2D eigenvalue weighted by molar-refractivity contribution is -0.129. The van der Waals surface area contributed by atoms with Crippen molar-refractivity contribution in [2.75, 3.05) is 7.11 Å². The molecular formula is C30H26N2O5. The number of benzene rings is 4. The number of hydrogen-bond donors (Lipinski definition) is 1. The van der Waals surface area contributed by atoms with Crippen LogP contribution in [0, 0.1) is 0 Å². The lowest BCUT2D eigenvalue weighted by Crippen LogP contribution is -2.33. The molecule has 0 aliphatic rings. The van der Waals surface area contributed by atoms with Crippen LogP contribution in [0.15, 0.2) is 102 Å². The van der Waals surface area contributed by atoms with Crippen molar-refractivity contribution in [1.29, 1.82) is 0 Å². The first-order chi connectivity index (χ1) is 18.0. The second-order valence-electron chi connectivity index (χ2n) is 8.08. The van der Waals surface area contributed by atoms with Crippen LogP contribution in [0.25, 0.3) is 16.8 Å². The number of carbonyl (C=O) groups is 2. The summed E-state index contributed by atoms with van der Waals surface area (Å²) in [5, 5.41) is 6.13. The molecule has 0 saturated carbocycles. The number of amides is 1. The summed E-state index contributed by atoms with van der Waals surface area (Å²) in [7, 11) is 1.47. The van der Waals surface area contributed by atoms with E-state index in [1.54, 1.807) is 31.2 Å². The minimum Gasteiger partial charge on any atom is -0.493 e. The molecule has 0 spiro atoms. The summed E-state index contributed by atoms with van der Waals surface area (Å²) in [6.07, 6.45) is 3.73. The van der Waals surface area contributed by atoms with Gasteiger partial charge in [0.25, 0.3) is 5.91 Å². The number of hydrogen-bond acceptors (Lipinski definition) is 6. The summed E-state index contributed by atoms with van der Waals surface area (Å²) in [5.74, 6) is 0.288. The summed E-state index contributed by atoms with van der Waals surface area (Å²) in [6.45, 7) is 1.65. The molecule has 0 aliphatic heterocycles. The van der Waals surface area contributed by atoms with Crippen molar-refractivity contribution in [3.05, 3.63) is 108 Å². The molecule has 1 amide bonds. The fourth-order valence-corrected chi connectivity index (χ4v) is 3.48.